The number of benzene rings is 1. The molecule has 4 heteroatoms. The van der Waals surface area contributed by atoms with Crippen LogP contribution in [0.15, 0.2) is 51.1 Å². The van der Waals surface area contributed by atoms with Gasteiger partial charge < -0.3 is 0 Å². The Morgan fingerprint density at radius 3 is 2.40 bits per heavy atom. The first-order chi connectivity index (χ1) is 7.25. The van der Waals surface area contributed by atoms with Crippen LogP contribution in [-0.4, -0.2) is 9.97 Å². The lowest BCUT2D eigenvalue weighted by molar-refractivity contribution is 0.986. The lowest BCUT2D eigenvalue weighted by Gasteiger charge is -2.02. The second-order valence-electron chi connectivity index (χ2n) is 3.00. The average molecular weight is 281 g/mol. The zero-order chi connectivity index (χ0) is 10.7. The van der Waals surface area contributed by atoms with E-state index in [-0.39, 0.29) is 0 Å². The van der Waals surface area contributed by atoms with Crippen LogP contribution in [0.3, 0.4) is 0 Å². The molecule has 2 aromatic rings. The molecule has 0 atom stereocenters. The van der Waals surface area contributed by atoms with Crippen molar-refractivity contribution in [3.05, 3.63) is 46.8 Å². The van der Waals surface area contributed by atoms with E-state index >= 15 is 0 Å². The van der Waals surface area contributed by atoms with E-state index in [0.29, 0.717) is 0 Å². The van der Waals surface area contributed by atoms with Crippen molar-refractivity contribution in [1.29, 1.82) is 0 Å². The maximum atomic E-state index is 4.28. The number of hydrogen-bond acceptors (Lipinski definition) is 3. The van der Waals surface area contributed by atoms with Crippen molar-refractivity contribution in [3.63, 3.8) is 0 Å². The van der Waals surface area contributed by atoms with Gasteiger partial charge in [-0.25, -0.2) is 4.98 Å². The standard InChI is InChI=1S/C11H9BrN2S/c1-8-11(14-7-6-13-8)15-10-4-2-9(12)3-5-10/h2-7H,1H3. The van der Waals surface area contributed by atoms with E-state index in [9.17, 15) is 0 Å². The zero-order valence-corrected chi connectivity index (χ0v) is 10.5. The van der Waals surface area contributed by atoms with Gasteiger partial charge in [0.05, 0.1) is 5.69 Å². The summed E-state index contributed by atoms with van der Waals surface area (Å²) in [6, 6.07) is 8.16. The molecule has 1 heterocycles. The molecule has 0 fully saturated rings. The highest BCUT2D eigenvalue weighted by atomic mass is 79.9. The van der Waals surface area contributed by atoms with Crippen LogP contribution in [0.1, 0.15) is 5.69 Å². The maximum Gasteiger partial charge on any atom is 0.122 e. The number of nitrogens with zero attached hydrogens (tertiary/aromatic N) is 2. The first-order valence-corrected chi connectivity index (χ1v) is 6.08. The Labute approximate surface area is 101 Å². The molecular formula is C11H9BrN2S. The fraction of sp³-hybridized carbons (Fsp3) is 0.0909. The van der Waals surface area contributed by atoms with Crippen LogP contribution in [-0.2, 0) is 0 Å². The summed E-state index contributed by atoms with van der Waals surface area (Å²) >= 11 is 5.04. The van der Waals surface area contributed by atoms with Crippen molar-refractivity contribution in [2.45, 2.75) is 16.8 Å². The largest absolute Gasteiger partial charge is 0.257 e. The number of rotatable bonds is 2. The van der Waals surface area contributed by atoms with Gasteiger partial charge in [-0.05, 0) is 31.2 Å². The van der Waals surface area contributed by atoms with Crippen LogP contribution in [0.25, 0.3) is 0 Å². The van der Waals surface area contributed by atoms with Gasteiger partial charge in [-0.3, -0.25) is 4.98 Å². The van der Waals surface area contributed by atoms with Gasteiger partial charge in [-0.1, -0.05) is 27.7 Å². The molecule has 0 aliphatic heterocycles. The predicted molar refractivity (Wildman–Crippen MR) is 65.0 cm³/mol. The van der Waals surface area contributed by atoms with E-state index in [1.165, 1.54) is 4.90 Å². The minimum absolute atomic E-state index is 0.958. The second-order valence-corrected chi connectivity index (χ2v) is 4.98. The van der Waals surface area contributed by atoms with Gasteiger partial charge in [0.25, 0.3) is 0 Å². The fourth-order valence-electron chi connectivity index (χ4n) is 1.11. The van der Waals surface area contributed by atoms with E-state index < -0.39 is 0 Å². The molecule has 1 aromatic carbocycles. The van der Waals surface area contributed by atoms with Crippen molar-refractivity contribution in [3.8, 4) is 0 Å². The molecule has 0 saturated carbocycles. The van der Waals surface area contributed by atoms with Crippen LogP contribution in [0.5, 0.6) is 0 Å². The smallest absolute Gasteiger partial charge is 0.122 e. The molecule has 1 aromatic heterocycles. The quantitative estimate of drug-likeness (QED) is 0.839. The molecule has 15 heavy (non-hydrogen) atoms. The number of halogens is 1. The molecule has 0 aliphatic carbocycles. The molecule has 2 rings (SSSR count). The Kier molecular flexibility index (Phi) is 3.38. The topological polar surface area (TPSA) is 25.8 Å². The Bertz CT molecular complexity index is 456. The minimum atomic E-state index is 0.958. The van der Waals surface area contributed by atoms with Crippen molar-refractivity contribution in [1.82, 2.24) is 9.97 Å². The summed E-state index contributed by atoms with van der Waals surface area (Å²) in [5.41, 5.74) is 0.963. The summed E-state index contributed by atoms with van der Waals surface area (Å²) < 4.78 is 1.09. The molecule has 0 bridgehead atoms. The van der Waals surface area contributed by atoms with Crippen LogP contribution in [0, 0.1) is 6.92 Å². The molecule has 0 saturated heterocycles. The first kappa shape index (κ1) is 10.6. The zero-order valence-electron chi connectivity index (χ0n) is 8.14. The lowest BCUT2D eigenvalue weighted by atomic mass is 10.4. The molecule has 76 valence electrons. The van der Waals surface area contributed by atoms with Gasteiger partial charge in [0.15, 0.2) is 0 Å². The molecule has 0 radical (unpaired) electrons. The second kappa shape index (κ2) is 4.77. The van der Waals surface area contributed by atoms with E-state index in [1.54, 1.807) is 24.2 Å². The summed E-state index contributed by atoms with van der Waals surface area (Å²) in [6.07, 6.45) is 3.43. The van der Waals surface area contributed by atoms with E-state index in [1.807, 2.05) is 19.1 Å². The SMILES string of the molecule is Cc1nccnc1Sc1ccc(Br)cc1. The molecule has 0 unspecified atom stereocenters. The number of aromatic nitrogens is 2. The van der Waals surface area contributed by atoms with Gasteiger partial charge in [-0.2, -0.15) is 0 Å². The van der Waals surface area contributed by atoms with Gasteiger partial charge in [0.1, 0.15) is 5.03 Å². The van der Waals surface area contributed by atoms with Gasteiger partial charge in [0, 0.05) is 21.8 Å². The van der Waals surface area contributed by atoms with Crippen LogP contribution in [0.4, 0.5) is 0 Å². The molecule has 0 N–H and O–H groups in total. The van der Waals surface area contributed by atoms with E-state index in [4.69, 9.17) is 0 Å². The van der Waals surface area contributed by atoms with Crippen molar-refractivity contribution >= 4 is 27.7 Å². The van der Waals surface area contributed by atoms with Crippen molar-refractivity contribution in [2.75, 3.05) is 0 Å². The Morgan fingerprint density at radius 1 is 1.07 bits per heavy atom. The third-order valence-corrected chi connectivity index (χ3v) is 3.50. The Balaban J connectivity index is 2.22. The van der Waals surface area contributed by atoms with Gasteiger partial charge in [-0.15, -0.1) is 0 Å². The average Bonchev–Trinajstić information content (AvgIpc) is 2.25. The summed E-state index contributed by atoms with van der Waals surface area (Å²) in [6.45, 7) is 1.97. The normalized spacial score (nSPS) is 10.3. The molecule has 0 aliphatic rings. The molecule has 0 spiro atoms. The third kappa shape index (κ3) is 2.79. The highest BCUT2D eigenvalue weighted by Gasteiger charge is 2.02. The summed E-state index contributed by atoms with van der Waals surface area (Å²) in [5.74, 6) is 0. The maximum absolute atomic E-state index is 4.28. The lowest BCUT2D eigenvalue weighted by Crippen LogP contribution is -1.87. The van der Waals surface area contributed by atoms with Gasteiger partial charge in [0.2, 0.25) is 0 Å². The Hall–Kier alpha value is -0.870. The fourth-order valence-corrected chi connectivity index (χ4v) is 2.18. The predicted octanol–water partition coefficient (Wildman–Crippen LogP) is 3.70. The Morgan fingerprint density at radius 2 is 1.73 bits per heavy atom. The summed E-state index contributed by atoms with van der Waals surface area (Å²) in [5, 5.41) is 0.958. The monoisotopic (exact) mass is 280 g/mol. The minimum Gasteiger partial charge on any atom is -0.257 e. The number of aryl methyl sites for hydroxylation is 1. The van der Waals surface area contributed by atoms with Crippen LogP contribution < -0.4 is 0 Å². The van der Waals surface area contributed by atoms with Crippen LogP contribution >= 0.6 is 27.7 Å². The third-order valence-electron chi connectivity index (χ3n) is 1.86. The molecule has 2 nitrogen and oxygen atoms in total. The first-order valence-electron chi connectivity index (χ1n) is 4.47. The highest BCUT2D eigenvalue weighted by Crippen LogP contribution is 2.28. The summed E-state index contributed by atoms with van der Waals surface area (Å²) in [7, 11) is 0. The number of hydrogen-bond donors (Lipinski definition) is 0. The molecular weight excluding hydrogens is 272 g/mol. The van der Waals surface area contributed by atoms with Crippen molar-refractivity contribution in [2.24, 2.45) is 0 Å². The van der Waals surface area contributed by atoms with Crippen LogP contribution in [0.2, 0.25) is 0 Å². The van der Waals surface area contributed by atoms with E-state index in [2.05, 4.69) is 38.0 Å². The summed E-state index contributed by atoms with van der Waals surface area (Å²) in [4.78, 5) is 9.65. The molecule has 0 amide bonds. The van der Waals surface area contributed by atoms with Crippen molar-refractivity contribution < 1.29 is 0 Å². The highest BCUT2D eigenvalue weighted by molar-refractivity contribution is 9.10. The van der Waals surface area contributed by atoms with E-state index in [0.717, 1.165) is 15.2 Å². The van der Waals surface area contributed by atoms with Gasteiger partial charge >= 0.3 is 0 Å².